The van der Waals surface area contributed by atoms with Crippen molar-refractivity contribution in [3.8, 4) is 0 Å². The van der Waals surface area contributed by atoms with E-state index in [1.165, 1.54) is 42.7 Å². The molecule has 0 aliphatic rings. The molecule has 1 radical (unpaired) electrons. The summed E-state index contributed by atoms with van der Waals surface area (Å²) in [7, 11) is -3.16. The van der Waals surface area contributed by atoms with Gasteiger partial charge in [-0.25, -0.2) is 43.5 Å². The number of rotatable bonds is 4. The van der Waals surface area contributed by atoms with E-state index in [0.29, 0.717) is 15.2 Å². The summed E-state index contributed by atoms with van der Waals surface area (Å²) in [6.07, 6.45) is 4.76. The molecule has 0 aliphatic carbocycles. The third kappa shape index (κ3) is 6.98. The molecule has 2 aromatic carbocycles. The van der Waals surface area contributed by atoms with Gasteiger partial charge in [-0.2, -0.15) is 0 Å². The third-order valence-electron chi connectivity index (χ3n) is 6.15. The first-order valence-electron chi connectivity index (χ1n) is 12.4. The Bertz CT molecular complexity index is 2190. The molecule has 4 aromatic heterocycles. The zero-order valence-electron chi connectivity index (χ0n) is 23.0. The topological polar surface area (TPSA) is 116 Å². The summed E-state index contributed by atoms with van der Waals surface area (Å²) in [5.41, 5.74) is 2.34. The molecule has 0 N–H and O–H groups in total. The Hall–Kier alpha value is -3.73. The van der Waals surface area contributed by atoms with Crippen LogP contribution < -0.4 is 0 Å². The molecule has 0 spiro atoms. The van der Waals surface area contributed by atoms with Gasteiger partial charge in [0.25, 0.3) is 20.0 Å². The van der Waals surface area contributed by atoms with Gasteiger partial charge in [-0.05, 0) is 72.2 Å². The van der Waals surface area contributed by atoms with Crippen molar-refractivity contribution in [2.75, 3.05) is 0 Å². The standard InChI is InChI=1S/C14H10BrFN2O2S.C14H11FN2O2S.BHNS/c1-9-2-4-11(5-3-9)21(19,20)18-8-13(15)12-6-10(16)7-17-14(12)18;1-10-2-4-13(5-3-10)20(18,19)17-7-6-11-8-12(15)9-16-14(11)17;1-2-3/h2-8H,1H3;2-9H,1H3;3H. The number of fused-ring (bicyclic) bond motifs is 2. The Kier molecular flexibility index (Phi) is 10.2. The number of aromatic nitrogens is 4. The zero-order valence-corrected chi connectivity index (χ0v) is 27.1. The number of benzene rings is 2. The molecule has 0 fully saturated rings. The Morgan fingerprint density at radius 1 is 0.773 bits per heavy atom. The summed E-state index contributed by atoms with van der Waals surface area (Å²) in [5, 5.41) is 0.853. The van der Waals surface area contributed by atoms with Crippen LogP contribution >= 0.6 is 28.7 Å². The normalized spacial score (nSPS) is 11.4. The molecule has 6 rings (SSSR count). The van der Waals surface area contributed by atoms with Crippen molar-refractivity contribution in [3.05, 3.63) is 119 Å². The first kappa shape index (κ1) is 33.2. The quantitative estimate of drug-likeness (QED) is 0.167. The van der Waals surface area contributed by atoms with Crippen LogP contribution in [0.1, 0.15) is 11.1 Å². The number of pyridine rings is 2. The summed E-state index contributed by atoms with van der Waals surface area (Å²) in [6, 6.07) is 17.1. The minimum absolute atomic E-state index is 0.156. The molecule has 0 aliphatic heterocycles. The number of hydrogen-bond acceptors (Lipinski definition) is 8. The Labute approximate surface area is 267 Å². The van der Waals surface area contributed by atoms with E-state index in [-0.39, 0.29) is 21.1 Å². The van der Waals surface area contributed by atoms with Crippen LogP contribution in [0.5, 0.6) is 0 Å². The Morgan fingerprint density at radius 3 is 1.75 bits per heavy atom. The first-order valence-corrected chi connectivity index (χ1v) is 16.5. The van der Waals surface area contributed by atoms with Gasteiger partial charge in [-0.3, -0.25) is 0 Å². The SMILES string of the molecule is Cc1ccc(S(=O)(=O)n2cc(Br)c3cc(F)cnc32)cc1.Cc1ccc(S(=O)(=O)n2ccc3cc(F)cnc32)cc1.[B]=NS. The minimum atomic E-state index is -3.77. The van der Waals surface area contributed by atoms with Crippen LogP contribution in [0, 0.1) is 25.5 Å². The van der Waals surface area contributed by atoms with Crippen molar-refractivity contribution in [2.45, 2.75) is 23.6 Å². The summed E-state index contributed by atoms with van der Waals surface area (Å²) < 4.78 is 82.0. The molecule has 16 heteroatoms. The van der Waals surface area contributed by atoms with Gasteiger partial charge in [0.2, 0.25) is 0 Å². The van der Waals surface area contributed by atoms with Crippen molar-refractivity contribution < 1.29 is 25.6 Å². The van der Waals surface area contributed by atoms with E-state index >= 15 is 0 Å². The first-order chi connectivity index (χ1) is 20.8. The van der Waals surface area contributed by atoms with Gasteiger partial charge < -0.3 is 0 Å². The van der Waals surface area contributed by atoms with Gasteiger partial charge in [-0.1, -0.05) is 35.4 Å². The Balaban J connectivity index is 0.000000185. The van der Waals surface area contributed by atoms with Crippen molar-refractivity contribution in [1.29, 1.82) is 0 Å². The van der Waals surface area contributed by atoms with Crippen LogP contribution in [-0.4, -0.2) is 42.4 Å². The molecule has 0 amide bonds. The van der Waals surface area contributed by atoms with E-state index in [0.717, 1.165) is 31.5 Å². The van der Waals surface area contributed by atoms with E-state index < -0.39 is 31.7 Å². The monoisotopic (exact) mass is 716 g/mol. The van der Waals surface area contributed by atoms with Gasteiger partial charge in [0, 0.05) is 27.6 Å². The number of hydrogen-bond donors (Lipinski definition) is 1. The molecule has 0 saturated heterocycles. The van der Waals surface area contributed by atoms with Gasteiger partial charge in [0.15, 0.2) is 11.3 Å². The predicted molar refractivity (Wildman–Crippen MR) is 172 cm³/mol. The third-order valence-corrected chi connectivity index (χ3v) is 10.1. The zero-order chi connectivity index (χ0) is 32.2. The summed E-state index contributed by atoms with van der Waals surface area (Å²) >= 11 is 6.43. The summed E-state index contributed by atoms with van der Waals surface area (Å²) in [4.78, 5) is 8.08. The number of nitrogens with zero attached hydrogens (tertiary/aromatic N) is 5. The van der Waals surface area contributed by atoms with E-state index in [4.69, 9.17) is 0 Å². The average Bonchev–Trinajstić information content (AvgIpc) is 3.55. The van der Waals surface area contributed by atoms with Gasteiger partial charge in [-0.15, -0.1) is 0 Å². The van der Waals surface area contributed by atoms with Crippen LogP contribution in [0.25, 0.3) is 22.1 Å². The molecule has 0 atom stereocenters. The summed E-state index contributed by atoms with van der Waals surface area (Å²) in [5.74, 6) is -1.02. The maximum atomic E-state index is 13.2. The maximum absolute atomic E-state index is 13.2. The van der Waals surface area contributed by atoms with Crippen molar-refractivity contribution in [3.63, 3.8) is 0 Å². The molecule has 44 heavy (non-hydrogen) atoms. The second-order valence-electron chi connectivity index (χ2n) is 9.23. The summed E-state index contributed by atoms with van der Waals surface area (Å²) in [6.45, 7) is 3.76. The van der Waals surface area contributed by atoms with Crippen LogP contribution in [0.15, 0.2) is 110 Å². The molecule has 225 valence electrons. The number of thiol groups is 1. The molecular formula is C28H22BBrF2N5O4S3. The van der Waals surface area contributed by atoms with Gasteiger partial charge in [0.05, 0.1) is 22.2 Å². The fourth-order valence-corrected chi connectivity index (χ4v) is 7.28. The average molecular weight is 717 g/mol. The second kappa shape index (κ2) is 13.5. The van der Waals surface area contributed by atoms with Crippen molar-refractivity contribution in [2.24, 2.45) is 4.30 Å². The van der Waals surface area contributed by atoms with Crippen LogP contribution in [-0.2, 0) is 20.0 Å². The fourth-order valence-electron chi connectivity index (χ4n) is 4.01. The van der Waals surface area contributed by atoms with E-state index in [1.54, 1.807) is 36.4 Å². The molecule has 0 bridgehead atoms. The number of halogens is 3. The van der Waals surface area contributed by atoms with Crippen LogP contribution in [0.2, 0.25) is 0 Å². The molecule has 6 aromatic rings. The van der Waals surface area contributed by atoms with Crippen LogP contribution in [0.3, 0.4) is 0 Å². The molecule has 4 heterocycles. The van der Waals surface area contributed by atoms with E-state index in [2.05, 4.69) is 50.7 Å². The number of aryl methyl sites for hydroxylation is 2. The van der Waals surface area contributed by atoms with Crippen LogP contribution in [0.4, 0.5) is 8.78 Å². The molecule has 9 nitrogen and oxygen atoms in total. The van der Waals surface area contributed by atoms with Crippen molar-refractivity contribution >= 4 is 78.5 Å². The predicted octanol–water partition coefficient (Wildman–Crippen LogP) is 6.39. The van der Waals surface area contributed by atoms with E-state index in [9.17, 15) is 25.6 Å². The molecular weight excluding hydrogens is 695 g/mol. The fraction of sp³-hybridized carbons (Fsp3) is 0.0714. The van der Waals surface area contributed by atoms with Gasteiger partial charge in [0.1, 0.15) is 11.6 Å². The second-order valence-corrected chi connectivity index (χ2v) is 13.9. The molecule has 0 unspecified atom stereocenters. The Morgan fingerprint density at radius 2 is 1.23 bits per heavy atom. The van der Waals surface area contributed by atoms with Gasteiger partial charge >= 0.3 is 24.8 Å². The van der Waals surface area contributed by atoms with E-state index in [1.807, 2.05) is 13.8 Å². The molecule has 0 saturated carbocycles. The van der Waals surface area contributed by atoms with Crippen molar-refractivity contribution in [1.82, 2.24) is 17.9 Å².